The standard InChI is InChI=1S/C14H18O2/c1-9-7-12(11-5-4-6-11)13(8-10(9)2)14(15)16-3/h7-8,11H,4-6H2,1-3H3. The summed E-state index contributed by atoms with van der Waals surface area (Å²) in [4.78, 5) is 11.7. The fourth-order valence-corrected chi connectivity index (χ4v) is 2.18. The molecule has 2 heteroatoms. The molecule has 1 aromatic carbocycles. The van der Waals surface area contributed by atoms with Crippen molar-refractivity contribution in [2.24, 2.45) is 0 Å². The van der Waals surface area contributed by atoms with E-state index in [1.165, 1.54) is 37.5 Å². The van der Waals surface area contributed by atoms with E-state index in [1.807, 2.05) is 13.0 Å². The van der Waals surface area contributed by atoms with Crippen LogP contribution in [0.25, 0.3) is 0 Å². The molecule has 0 N–H and O–H groups in total. The molecule has 0 saturated heterocycles. The summed E-state index contributed by atoms with van der Waals surface area (Å²) in [5.41, 5.74) is 4.36. The topological polar surface area (TPSA) is 26.3 Å². The van der Waals surface area contributed by atoms with Gasteiger partial charge in [-0.3, -0.25) is 0 Å². The Morgan fingerprint density at radius 3 is 2.38 bits per heavy atom. The highest BCUT2D eigenvalue weighted by molar-refractivity contribution is 5.91. The summed E-state index contributed by atoms with van der Waals surface area (Å²) in [6.45, 7) is 4.13. The predicted molar refractivity (Wildman–Crippen MR) is 63.8 cm³/mol. The molecule has 1 aliphatic rings. The van der Waals surface area contributed by atoms with Gasteiger partial charge in [-0.05, 0) is 55.4 Å². The van der Waals surface area contributed by atoms with Crippen LogP contribution in [0.3, 0.4) is 0 Å². The number of ether oxygens (including phenoxy) is 1. The van der Waals surface area contributed by atoms with E-state index in [9.17, 15) is 4.79 Å². The minimum absolute atomic E-state index is 0.204. The molecular formula is C14H18O2. The lowest BCUT2D eigenvalue weighted by Crippen LogP contribution is -2.15. The van der Waals surface area contributed by atoms with E-state index >= 15 is 0 Å². The van der Waals surface area contributed by atoms with Gasteiger partial charge in [0.2, 0.25) is 0 Å². The van der Waals surface area contributed by atoms with Crippen LogP contribution < -0.4 is 0 Å². The highest BCUT2D eigenvalue weighted by Crippen LogP contribution is 2.39. The lowest BCUT2D eigenvalue weighted by atomic mass is 9.77. The highest BCUT2D eigenvalue weighted by atomic mass is 16.5. The zero-order valence-corrected chi connectivity index (χ0v) is 10.2. The van der Waals surface area contributed by atoms with Crippen LogP contribution in [0.5, 0.6) is 0 Å². The Bertz CT molecular complexity index is 417. The Balaban J connectivity index is 2.46. The van der Waals surface area contributed by atoms with Gasteiger partial charge >= 0.3 is 5.97 Å². The molecule has 1 aliphatic carbocycles. The number of carbonyl (C=O) groups is 1. The number of hydrogen-bond acceptors (Lipinski definition) is 2. The Kier molecular flexibility index (Phi) is 2.99. The fraction of sp³-hybridized carbons (Fsp3) is 0.500. The first kappa shape index (κ1) is 11.2. The largest absolute Gasteiger partial charge is 0.465 e. The van der Waals surface area contributed by atoms with Gasteiger partial charge in [0.1, 0.15) is 0 Å². The SMILES string of the molecule is COC(=O)c1cc(C)c(C)cc1C1CCC1. The van der Waals surface area contributed by atoms with E-state index in [-0.39, 0.29) is 5.97 Å². The van der Waals surface area contributed by atoms with E-state index in [0.717, 1.165) is 11.1 Å². The Hall–Kier alpha value is -1.31. The fourth-order valence-electron chi connectivity index (χ4n) is 2.18. The number of aryl methyl sites for hydroxylation is 2. The van der Waals surface area contributed by atoms with Gasteiger partial charge in [-0.25, -0.2) is 4.79 Å². The van der Waals surface area contributed by atoms with E-state index in [4.69, 9.17) is 4.74 Å². The first-order valence-electron chi connectivity index (χ1n) is 5.83. The Labute approximate surface area is 96.6 Å². The molecule has 0 amide bonds. The van der Waals surface area contributed by atoms with Crippen molar-refractivity contribution in [2.75, 3.05) is 7.11 Å². The third-order valence-electron chi connectivity index (χ3n) is 3.62. The van der Waals surface area contributed by atoms with Crippen molar-refractivity contribution in [3.8, 4) is 0 Å². The van der Waals surface area contributed by atoms with Gasteiger partial charge in [0.25, 0.3) is 0 Å². The maximum Gasteiger partial charge on any atom is 0.338 e. The summed E-state index contributed by atoms with van der Waals surface area (Å²) >= 11 is 0. The van der Waals surface area contributed by atoms with Crippen LogP contribution in [0.1, 0.15) is 52.2 Å². The van der Waals surface area contributed by atoms with E-state index in [0.29, 0.717) is 5.92 Å². The second kappa shape index (κ2) is 4.28. The molecule has 86 valence electrons. The van der Waals surface area contributed by atoms with E-state index in [2.05, 4.69) is 13.0 Å². The average Bonchev–Trinajstić information content (AvgIpc) is 2.19. The van der Waals surface area contributed by atoms with Crippen LogP contribution in [0.4, 0.5) is 0 Å². The summed E-state index contributed by atoms with van der Waals surface area (Å²) in [6, 6.07) is 4.13. The predicted octanol–water partition coefficient (Wildman–Crippen LogP) is 3.36. The van der Waals surface area contributed by atoms with Crippen molar-refractivity contribution in [3.05, 3.63) is 34.4 Å². The first-order chi connectivity index (χ1) is 7.63. The molecule has 0 atom stereocenters. The van der Waals surface area contributed by atoms with Gasteiger partial charge in [0.05, 0.1) is 12.7 Å². The smallest absolute Gasteiger partial charge is 0.338 e. The average molecular weight is 218 g/mol. The molecule has 0 heterocycles. The van der Waals surface area contributed by atoms with Crippen LogP contribution in [-0.4, -0.2) is 13.1 Å². The lowest BCUT2D eigenvalue weighted by Gasteiger charge is -2.28. The molecule has 0 bridgehead atoms. The maximum absolute atomic E-state index is 11.7. The third kappa shape index (κ3) is 1.84. The van der Waals surface area contributed by atoms with Gasteiger partial charge < -0.3 is 4.74 Å². The lowest BCUT2D eigenvalue weighted by molar-refractivity contribution is 0.0598. The molecule has 1 fully saturated rings. The number of hydrogen-bond donors (Lipinski definition) is 0. The normalized spacial score (nSPS) is 15.7. The first-order valence-corrected chi connectivity index (χ1v) is 5.83. The zero-order chi connectivity index (χ0) is 11.7. The van der Waals surface area contributed by atoms with Crippen LogP contribution in [-0.2, 0) is 4.74 Å². The number of rotatable bonds is 2. The Morgan fingerprint density at radius 1 is 1.25 bits per heavy atom. The number of carbonyl (C=O) groups excluding carboxylic acids is 1. The van der Waals surface area contributed by atoms with Gasteiger partial charge in [-0.2, -0.15) is 0 Å². The molecule has 16 heavy (non-hydrogen) atoms. The molecule has 0 aromatic heterocycles. The molecule has 0 radical (unpaired) electrons. The van der Waals surface area contributed by atoms with Crippen molar-refractivity contribution >= 4 is 5.97 Å². The zero-order valence-electron chi connectivity index (χ0n) is 10.2. The summed E-state index contributed by atoms with van der Waals surface area (Å²) in [5.74, 6) is 0.360. The van der Waals surface area contributed by atoms with Crippen molar-refractivity contribution < 1.29 is 9.53 Å². The highest BCUT2D eigenvalue weighted by Gasteiger charge is 2.25. The van der Waals surface area contributed by atoms with Gasteiger partial charge in [0.15, 0.2) is 0 Å². The molecular weight excluding hydrogens is 200 g/mol. The summed E-state index contributed by atoms with van der Waals surface area (Å²) in [6.07, 6.45) is 3.68. The van der Waals surface area contributed by atoms with Crippen molar-refractivity contribution in [3.63, 3.8) is 0 Å². The van der Waals surface area contributed by atoms with Gasteiger partial charge in [0, 0.05) is 0 Å². The van der Waals surface area contributed by atoms with Crippen LogP contribution in [0.2, 0.25) is 0 Å². The Morgan fingerprint density at radius 2 is 1.88 bits per heavy atom. The van der Waals surface area contributed by atoms with Gasteiger partial charge in [-0.15, -0.1) is 0 Å². The van der Waals surface area contributed by atoms with Crippen molar-refractivity contribution in [1.82, 2.24) is 0 Å². The van der Waals surface area contributed by atoms with Crippen LogP contribution >= 0.6 is 0 Å². The second-order valence-electron chi connectivity index (χ2n) is 4.64. The summed E-state index contributed by atoms with van der Waals surface area (Å²) < 4.78 is 4.85. The minimum atomic E-state index is -0.204. The molecule has 1 aromatic rings. The maximum atomic E-state index is 11.7. The summed E-state index contributed by atoms with van der Waals surface area (Å²) in [5, 5.41) is 0. The molecule has 2 rings (SSSR count). The van der Waals surface area contributed by atoms with E-state index < -0.39 is 0 Å². The second-order valence-corrected chi connectivity index (χ2v) is 4.64. The molecule has 1 saturated carbocycles. The quantitative estimate of drug-likeness (QED) is 0.711. The number of esters is 1. The summed E-state index contributed by atoms with van der Waals surface area (Å²) in [7, 11) is 1.45. The van der Waals surface area contributed by atoms with Crippen LogP contribution in [0, 0.1) is 13.8 Å². The van der Waals surface area contributed by atoms with Crippen molar-refractivity contribution in [2.45, 2.75) is 39.0 Å². The molecule has 0 unspecified atom stereocenters. The van der Waals surface area contributed by atoms with Gasteiger partial charge in [-0.1, -0.05) is 12.5 Å². The monoisotopic (exact) mass is 218 g/mol. The number of methoxy groups -OCH3 is 1. The van der Waals surface area contributed by atoms with Crippen LogP contribution in [0.15, 0.2) is 12.1 Å². The minimum Gasteiger partial charge on any atom is -0.465 e. The molecule has 0 aliphatic heterocycles. The molecule has 0 spiro atoms. The van der Waals surface area contributed by atoms with Crippen molar-refractivity contribution in [1.29, 1.82) is 0 Å². The molecule has 2 nitrogen and oxygen atoms in total. The van der Waals surface area contributed by atoms with E-state index in [1.54, 1.807) is 0 Å². The number of benzene rings is 1. The third-order valence-corrected chi connectivity index (χ3v) is 3.62.